The lowest BCUT2D eigenvalue weighted by molar-refractivity contribution is -0.259. The van der Waals surface area contributed by atoms with Gasteiger partial charge in [-0.25, -0.2) is 0 Å². The maximum Gasteiger partial charge on any atom is 0.0724 e. The predicted octanol–water partition coefficient (Wildman–Crippen LogP) is 2.94. The van der Waals surface area contributed by atoms with Gasteiger partial charge in [0.05, 0.1) is 11.9 Å². The normalized spacial score (nSPS) is 11.2. The van der Waals surface area contributed by atoms with Crippen LogP contribution in [0.5, 0.6) is 0 Å². The highest BCUT2D eigenvalue weighted by molar-refractivity contribution is 6.01. The van der Waals surface area contributed by atoms with Crippen LogP contribution in [0.4, 0.5) is 0 Å². The lowest BCUT2D eigenvalue weighted by Gasteiger charge is -2.37. The summed E-state index contributed by atoms with van der Waals surface area (Å²) in [5, 5.41) is 23.8. The number of hydrogen-bond acceptors (Lipinski definition) is 4. The second kappa shape index (κ2) is 9.40. The Balaban J connectivity index is 2.26. The van der Waals surface area contributed by atoms with Gasteiger partial charge in [0, 0.05) is 16.5 Å². The molecule has 0 bridgehead atoms. The molecule has 4 heteroatoms. The molecule has 0 spiro atoms. The fourth-order valence-electron chi connectivity index (χ4n) is 4.40. The molecule has 154 valence electrons. The summed E-state index contributed by atoms with van der Waals surface area (Å²) < 4.78 is 0. The Bertz CT molecular complexity index is 968. The minimum atomic E-state index is -1.51. The molecule has 0 atom stereocenters. The molecule has 0 N–H and O–H groups in total. The van der Waals surface area contributed by atoms with Crippen molar-refractivity contribution in [3.63, 3.8) is 0 Å². The number of carbonyl (C=O) groups excluding carboxylic acids is 2. The van der Waals surface area contributed by atoms with Gasteiger partial charge in [-0.1, -0.05) is 92.2 Å². The Morgan fingerprint density at radius 2 is 1.27 bits per heavy atom. The second-order valence-electron chi connectivity index (χ2n) is 7.66. The Hall–Kier alpha value is -3.40. The van der Waals surface area contributed by atoms with E-state index in [4.69, 9.17) is 0 Å². The van der Waals surface area contributed by atoms with Crippen LogP contribution in [0.2, 0.25) is 0 Å². The molecule has 0 heterocycles. The Labute approximate surface area is 176 Å². The first-order valence-electron chi connectivity index (χ1n) is 10.1. The van der Waals surface area contributed by atoms with Crippen molar-refractivity contribution in [1.82, 2.24) is 0 Å². The van der Waals surface area contributed by atoms with E-state index in [1.54, 1.807) is 12.1 Å². The van der Waals surface area contributed by atoms with Gasteiger partial charge in [0.2, 0.25) is 0 Å². The average Bonchev–Trinajstić information content (AvgIpc) is 2.74. The minimum Gasteiger partial charge on any atom is -0.545 e. The third-order valence-electron chi connectivity index (χ3n) is 5.56. The highest BCUT2D eigenvalue weighted by Gasteiger charge is 2.35. The fraction of sp³-hybridized carbons (Fsp3) is 0.231. The first kappa shape index (κ1) is 21.3. The molecule has 0 saturated carbocycles. The molecule has 30 heavy (non-hydrogen) atoms. The van der Waals surface area contributed by atoms with E-state index in [1.165, 1.54) is 6.07 Å². The van der Waals surface area contributed by atoms with Crippen molar-refractivity contribution in [3.05, 3.63) is 107 Å². The maximum atomic E-state index is 12.1. The monoisotopic (exact) mass is 400 g/mol. The standard InChI is InChI=1S/C26H26O4/c1-2-16-26(17-19-10-5-3-6-11-19,18-20-12-7-4-8-13-20)22-15-9-14-21(24(27)28)23(22)25(29)30/h3-15H,2,16-18H2,1H3,(H,27,28)(H,29,30)/p-2. The summed E-state index contributed by atoms with van der Waals surface area (Å²) in [6, 6.07) is 24.3. The summed E-state index contributed by atoms with van der Waals surface area (Å²) in [6.45, 7) is 2.05. The van der Waals surface area contributed by atoms with E-state index in [1.807, 2.05) is 67.6 Å². The van der Waals surface area contributed by atoms with Gasteiger partial charge in [-0.05, 0) is 36.0 Å². The molecule has 4 nitrogen and oxygen atoms in total. The molecule has 0 radical (unpaired) electrons. The van der Waals surface area contributed by atoms with E-state index in [0.29, 0.717) is 24.8 Å². The molecule has 0 aromatic heterocycles. The van der Waals surface area contributed by atoms with Crippen molar-refractivity contribution in [3.8, 4) is 0 Å². The van der Waals surface area contributed by atoms with E-state index in [9.17, 15) is 19.8 Å². The number of benzene rings is 3. The maximum absolute atomic E-state index is 12.1. The van der Waals surface area contributed by atoms with Crippen LogP contribution in [0.3, 0.4) is 0 Å². The number of hydrogen-bond donors (Lipinski definition) is 0. The van der Waals surface area contributed by atoms with Gasteiger partial charge in [-0.3, -0.25) is 0 Å². The van der Waals surface area contributed by atoms with Crippen LogP contribution in [-0.2, 0) is 18.3 Å². The lowest BCUT2D eigenvalue weighted by atomic mass is 9.67. The van der Waals surface area contributed by atoms with Crippen molar-refractivity contribution in [2.24, 2.45) is 0 Å². The van der Waals surface area contributed by atoms with E-state index >= 15 is 0 Å². The van der Waals surface area contributed by atoms with Crippen LogP contribution in [0.1, 0.15) is 57.2 Å². The van der Waals surface area contributed by atoms with E-state index in [-0.39, 0.29) is 11.1 Å². The summed E-state index contributed by atoms with van der Waals surface area (Å²) in [4.78, 5) is 23.8. The summed E-state index contributed by atoms with van der Waals surface area (Å²) in [5.41, 5.74) is 1.37. The van der Waals surface area contributed by atoms with Gasteiger partial charge >= 0.3 is 0 Å². The van der Waals surface area contributed by atoms with Crippen molar-refractivity contribution < 1.29 is 19.8 Å². The smallest absolute Gasteiger partial charge is 0.0724 e. The third-order valence-corrected chi connectivity index (χ3v) is 5.56. The highest BCUT2D eigenvalue weighted by atomic mass is 16.4. The zero-order chi connectivity index (χ0) is 21.6. The first-order valence-corrected chi connectivity index (χ1v) is 10.1. The van der Waals surface area contributed by atoms with Crippen molar-refractivity contribution >= 4 is 11.9 Å². The van der Waals surface area contributed by atoms with Crippen LogP contribution >= 0.6 is 0 Å². The fourth-order valence-corrected chi connectivity index (χ4v) is 4.40. The number of carboxylic acids is 2. The number of carbonyl (C=O) groups is 2. The minimum absolute atomic E-state index is 0.280. The van der Waals surface area contributed by atoms with Gasteiger partial charge in [0.15, 0.2) is 0 Å². The molecule has 0 aliphatic carbocycles. The molecule has 0 amide bonds. The zero-order valence-corrected chi connectivity index (χ0v) is 17.0. The average molecular weight is 400 g/mol. The molecule has 0 aliphatic rings. The van der Waals surface area contributed by atoms with Crippen LogP contribution < -0.4 is 10.2 Å². The van der Waals surface area contributed by atoms with Gasteiger partial charge in [-0.15, -0.1) is 0 Å². The molecule has 0 aliphatic heterocycles. The molecule has 0 unspecified atom stereocenters. The van der Waals surface area contributed by atoms with E-state index < -0.39 is 17.4 Å². The van der Waals surface area contributed by atoms with Crippen LogP contribution in [0.25, 0.3) is 0 Å². The molecule has 3 aromatic carbocycles. The first-order chi connectivity index (χ1) is 14.5. The Morgan fingerprint density at radius 3 is 1.70 bits per heavy atom. The van der Waals surface area contributed by atoms with Gasteiger partial charge in [0.25, 0.3) is 0 Å². The van der Waals surface area contributed by atoms with Crippen molar-refractivity contribution in [2.75, 3.05) is 0 Å². The summed E-state index contributed by atoms with van der Waals surface area (Å²) >= 11 is 0. The number of aromatic carboxylic acids is 2. The number of rotatable bonds is 9. The largest absolute Gasteiger partial charge is 0.545 e. The summed E-state index contributed by atoms with van der Waals surface area (Å²) in [6.07, 6.45) is 2.65. The van der Waals surface area contributed by atoms with Crippen molar-refractivity contribution in [2.45, 2.75) is 38.0 Å². The van der Waals surface area contributed by atoms with Crippen LogP contribution in [0.15, 0.2) is 78.9 Å². The molecule has 0 fully saturated rings. The van der Waals surface area contributed by atoms with E-state index in [2.05, 4.69) is 0 Å². The molecule has 3 aromatic rings. The summed E-state index contributed by atoms with van der Waals surface area (Å²) in [7, 11) is 0. The van der Waals surface area contributed by atoms with E-state index in [0.717, 1.165) is 17.5 Å². The molecule has 0 saturated heterocycles. The Kier molecular flexibility index (Phi) is 6.68. The lowest BCUT2D eigenvalue weighted by Crippen LogP contribution is -2.38. The van der Waals surface area contributed by atoms with Crippen molar-refractivity contribution in [1.29, 1.82) is 0 Å². The zero-order valence-electron chi connectivity index (χ0n) is 17.0. The third kappa shape index (κ3) is 4.60. The van der Waals surface area contributed by atoms with Gasteiger partial charge < -0.3 is 19.8 Å². The second-order valence-corrected chi connectivity index (χ2v) is 7.66. The topological polar surface area (TPSA) is 80.3 Å². The van der Waals surface area contributed by atoms with Gasteiger partial charge in [-0.2, -0.15) is 0 Å². The van der Waals surface area contributed by atoms with Gasteiger partial charge in [0.1, 0.15) is 0 Å². The predicted molar refractivity (Wildman–Crippen MR) is 112 cm³/mol. The molecular formula is C26H24O4-2. The molecular weight excluding hydrogens is 376 g/mol. The highest BCUT2D eigenvalue weighted by Crippen LogP contribution is 2.39. The quantitative estimate of drug-likeness (QED) is 0.553. The SMILES string of the molecule is CCCC(Cc1ccccc1)(Cc1ccccc1)c1cccc(C(=O)[O-])c1C(=O)[O-]. The number of carboxylic acid groups (broad SMARTS) is 2. The van der Waals surface area contributed by atoms with Crippen LogP contribution in [-0.4, -0.2) is 11.9 Å². The summed E-state index contributed by atoms with van der Waals surface area (Å²) in [5.74, 6) is -3.01. The molecule has 3 rings (SSSR count). The Morgan fingerprint density at radius 1 is 0.733 bits per heavy atom. The van der Waals surface area contributed by atoms with Crippen LogP contribution in [0, 0.1) is 0 Å².